The maximum atomic E-state index is 13.4. The van der Waals surface area contributed by atoms with Gasteiger partial charge in [0, 0.05) is 31.7 Å². The van der Waals surface area contributed by atoms with Crippen LogP contribution in [-0.2, 0) is 9.84 Å². The van der Waals surface area contributed by atoms with E-state index in [9.17, 15) is 12.8 Å². The van der Waals surface area contributed by atoms with Crippen molar-refractivity contribution in [2.75, 3.05) is 44.4 Å². The number of nitrogens with zero attached hydrogens (tertiary/aromatic N) is 1. The largest absolute Gasteiger partial charge is 0.310 e. The van der Waals surface area contributed by atoms with Gasteiger partial charge in [0.1, 0.15) is 0 Å². The van der Waals surface area contributed by atoms with Crippen molar-refractivity contribution in [2.45, 2.75) is 124 Å². The molecular formula is C42H67FN2O2S. The summed E-state index contributed by atoms with van der Waals surface area (Å²) >= 11 is 0. The van der Waals surface area contributed by atoms with E-state index in [-0.39, 0.29) is 23.5 Å². The molecular weight excluding hydrogens is 616 g/mol. The van der Waals surface area contributed by atoms with Crippen LogP contribution in [-0.4, -0.2) is 63.2 Å². The molecule has 5 fully saturated rings. The van der Waals surface area contributed by atoms with Crippen molar-refractivity contribution in [2.24, 2.45) is 57.2 Å². The monoisotopic (exact) mass is 682 g/mol. The molecule has 4 saturated carbocycles. The van der Waals surface area contributed by atoms with Gasteiger partial charge in [-0.05, 0) is 152 Å². The summed E-state index contributed by atoms with van der Waals surface area (Å²) < 4.78 is 37.5. The predicted octanol–water partition coefficient (Wildman–Crippen LogP) is 8.95. The van der Waals surface area contributed by atoms with Crippen LogP contribution >= 0.6 is 0 Å². The molecule has 7 aliphatic rings. The van der Waals surface area contributed by atoms with Gasteiger partial charge in [0.2, 0.25) is 0 Å². The average Bonchev–Trinajstić information content (AvgIpc) is 3.42. The number of nitrogens with one attached hydrogen (secondary N) is 1. The molecule has 0 aromatic rings. The summed E-state index contributed by atoms with van der Waals surface area (Å²) in [6, 6.07) is 0. The Morgan fingerprint density at radius 1 is 0.938 bits per heavy atom. The maximum absolute atomic E-state index is 13.4. The van der Waals surface area contributed by atoms with Gasteiger partial charge in [-0.2, -0.15) is 0 Å². The quantitative estimate of drug-likeness (QED) is 0.273. The number of rotatable bonds is 7. The summed E-state index contributed by atoms with van der Waals surface area (Å²) in [6.45, 7) is 23.3. The minimum atomic E-state index is -2.85. The van der Waals surface area contributed by atoms with Gasteiger partial charge in [-0.3, -0.25) is 4.39 Å². The van der Waals surface area contributed by atoms with Gasteiger partial charge < -0.3 is 10.2 Å². The summed E-state index contributed by atoms with van der Waals surface area (Å²) in [5.74, 6) is 4.21. The van der Waals surface area contributed by atoms with E-state index in [1.807, 2.05) is 0 Å². The van der Waals surface area contributed by atoms with E-state index in [0.29, 0.717) is 64.5 Å². The Labute approximate surface area is 293 Å². The number of sulfone groups is 1. The summed E-state index contributed by atoms with van der Waals surface area (Å²) in [5.41, 5.74) is 5.81. The fourth-order valence-electron chi connectivity index (χ4n) is 14.3. The van der Waals surface area contributed by atoms with Crippen molar-refractivity contribution in [3.05, 3.63) is 35.5 Å². The average molecular weight is 683 g/mol. The van der Waals surface area contributed by atoms with Crippen LogP contribution in [0.5, 0.6) is 0 Å². The Hall–Kier alpha value is -0.980. The van der Waals surface area contributed by atoms with E-state index in [4.69, 9.17) is 0 Å². The van der Waals surface area contributed by atoms with Crippen molar-refractivity contribution < 1.29 is 12.8 Å². The Bertz CT molecular complexity index is 1440. The number of alkyl halides is 1. The zero-order valence-corrected chi connectivity index (χ0v) is 32.1. The Morgan fingerprint density at radius 3 is 2.35 bits per heavy atom. The molecule has 1 saturated heterocycles. The molecule has 270 valence electrons. The lowest BCUT2D eigenvalue weighted by Gasteiger charge is -2.72. The SMILES string of the molecule is C=C(C)[C@@H]1CC[C@]2(NCCN3CCS(=O)(=O)CC3)CC[C@]3(C)[C@H](CCC4[C@@]5(C)CC=C(C6=CC[C@H](CF)CC6)C(C)(C)C5CC[C@]43C)C12. The van der Waals surface area contributed by atoms with Crippen LogP contribution in [0.2, 0.25) is 0 Å². The predicted molar refractivity (Wildman–Crippen MR) is 197 cm³/mol. The highest BCUT2D eigenvalue weighted by atomic mass is 32.2. The summed E-state index contributed by atoms with van der Waals surface area (Å²) in [4.78, 5) is 2.36. The molecule has 4 nitrogen and oxygen atoms in total. The molecule has 6 aliphatic carbocycles. The normalized spacial score (nSPS) is 46.7. The summed E-state index contributed by atoms with van der Waals surface area (Å²) in [6.07, 6.45) is 19.7. The second kappa shape index (κ2) is 12.3. The second-order valence-corrected chi connectivity index (χ2v) is 21.6. The molecule has 0 bridgehead atoms. The van der Waals surface area contributed by atoms with E-state index in [1.165, 1.54) is 68.9 Å². The molecule has 1 N–H and O–H groups in total. The molecule has 1 heterocycles. The molecule has 0 aromatic carbocycles. The van der Waals surface area contributed by atoms with Gasteiger partial charge in [0.15, 0.2) is 9.84 Å². The first-order valence-corrected chi connectivity index (χ1v) is 21.7. The first-order chi connectivity index (χ1) is 22.6. The molecule has 0 radical (unpaired) electrons. The number of halogens is 1. The molecule has 10 atom stereocenters. The molecule has 0 spiro atoms. The molecule has 48 heavy (non-hydrogen) atoms. The minimum Gasteiger partial charge on any atom is -0.310 e. The second-order valence-electron chi connectivity index (χ2n) is 19.3. The lowest BCUT2D eigenvalue weighted by atomic mass is 9.33. The number of fused-ring (bicyclic) bond motifs is 7. The highest BCUT2D eigenvalue weighted by Crippen LogP contribution is 2.76. The highest BCUT2D eigenvalue weighted by molar-refractivity contribution is 7.91. The first kappa shape index (κ1) is 35.4. The highest BCUT2D eigenvalue weighted by Gasteiger charge is 2.70. The maximum Gasteiger partial charge on any atom is 0.152 e. The van der Waals surface area contributed by atoms with Gasteiger partial charge >= 0.3 is 0 Å². The number of allylic oxidation sites excluding steroid dienone is 5. The van der Waals surface area contributed by atoms with Crippen LogP contribution in [0, 0.1) is 57.2 Å². The molecule has 7 rings (SSSR count). The van der Waals surface area contributed by atoms with Crippen LogP contribution in [0.1, 0.15) is 119 Å². The first-order valence-electron chi connectivity index (χ1n) is 19.9. The van der Waals surface area contributed by atoms with Crippen LogP contribution in [0.4, 0.5) is 4.39 Å². The van der Waals surface area contributed by atoms with E-state index < -0.39 is 9.84 Å². The lowest BCUT2D eigenvalue weighted by Crippen LogP contribution is -2.68. The Kier molecular flexibility index (Phi) is 9.09. The molecule has 0 amide bonds. The zero-order valence-electron chi connectivity index (χ0n) is 31.3. The fourth-order valence-corrected chi connectivity index (χ4v) is 15.6. The van der Waals surface area contributed by atoms with Crippen LogP contribution in [0.15, 0.2) is 35.5 Å². The number of hydrogen-bond acceptors (Lipinski definition) is 4. The van der Waals surface area contributed by atoms with Crippen molar-refractivity contribution >= 4 is 9.84 Å². The third-order valence-electron chi connectivity index (χ3n) is 17.1. The third-order valence-corrected chi connectivity index (χ3v) is 18.7. The third kappa shape index (κ3) is 5.41. The number of hydrogen-bond donors (Lipinski definition) is 1. The Balaban J connectivity index is 1.13. The van der Waals surface area contributed by atoms with Gasteiger partial charge in [0.25, 0.3) is 0 Å². The molecule has 0 aromatic heterocycles. The smallest absolute Gasteiger partial charge is 0.152 e. The molecule has 3 unspecified atom stereocenters. The van der Waals surface area contributed by atoms with Crippen molar-refractivity contribution in [3.63, 3.8) is 0 Å². The standard InChI is InChI=1S/C42H67FN2O2S/c1-29(2)32-14-19-42(44-22-23-45-24-26-48(46,47)27-25-45)21-20-40(6)34(37(32)42)12-13-36-39(5)17-15-33(31-10-8-30(28-43)9-11-31)38(3,4)35(39)16-18-41(36,40)7/h10,15,30,32,34-37,44H,1,8-9,11-14,16-28H2,2-7H3/t30-,32-,34+,35?,36?,37?,39-,40+,41+,42-/m0/s1. The van der Waals surface area contributed by atoms with E-state index in [0.717, 1.165) is 38.3 Å². The topological polar surface area (TPSA) is 49.4 Å². The Morgan fingerprint density at radius 2 is 1.69 bits per heavy atom. The van der Waals surface area contributed by atoms with Gasteiger partial charge in [-0.25, -0.2) is 8.42 Å². The summed E-state index contributed by atoms with van der Waals surface area (Å²) in [5, 5.41) is 4.22. The minimum absolute atomic E-state index is 0.154. The molecule has 1 aliphatic heterocycles. The van der Waals surface area contributed by atoms with E-state index >= 15 is 0 Å². The fraction of sp³-hybridized carbons (Fsp3) is 0.857. The van der Waals surface area contributed by atoms with Crippen molar-refractivity contribution in [1.82, 2.24) is 10.2 Å². The molecule has 6 heteroatoms. The van der Waals surface area contributed by atoms with Crippen LogP contribution in [0.25, 0.3) is 0 Å². The van der Waals surface area contributed by atoms with Crippen LogP contribution < -0.4 is 5.32 Å². The van der Waals surface area contributed by atoms with Gasteiger partial charge in [-0.15, -0.1) is 0 Å². The van der Waals surface area contributed by atoms with Gasteiger partial charge in [-0.1, -0.05) is 58.9 Å². The van der Waals surface area contributed by atoms with Crippen molar-refractivity contribution in [1.29, 1.82) is 0 Å². The van der Waals surface area contributed by atoms with Crippen LogP contribution in [0.3, 0.4) is 0 Å². The zero-order chi connectivity index (χ0) is 34.3. The van der Waals surface area contributed by atoms with E-state index in [1.54, 1.807) is 5.57 Å². The van der Waals surface area contributed by atoms with Gasteiger partial charge in [0.05, 0.1) is 18.2 Å². The lowest BCUT2D eigenvalue weighted by molar-refractivity contribution is -0.221. The summed E-state index contributed by atoms with van der Waals surface area (Å²) in [7, 11) is -2.85. The van der Waals surface area contributed by atoms with E-state index in [2.05, 4.69) is 70.5 Å². The van der Waals surface area contributed by atoms with Crippen molar-refractivity contribution in [3.8, 4) is 0 Å².